The van der Waals surface area contributed by atoms with E-state index < -0.39 is 23.5 Å². The molecule has 34 heavy (non-hydrogen) atoms. The molecule has 182 valence electrons. The van der Waals surface area contributed by atoms with Crippen LogP contribution in [0.1, 0.15) is 30.5 Å². The van der Waals surface area contributed by atoms with Gasteiger partial charge in [0.15, 0.2) is 23.0 Å². The number of ketones is 1. The molecule has 1 N–H and O–H groups in total. The monoisotopic (exact) mass is 509 g/mol. The van der Waals surface area contributed by atoms with Gasteiger partial charge in [-0.3, -0.25) is 9.59 Å². The zero-order valence-corrected chi connectivity index (χ0v) is 20.9. The van der Waals surface area contributed by atoms with Gasteiger partial charge in [-0.25, -0.2) is 0 Å². The number of hydrogen-bond donors (Lipinski definition) is 1. The molecule has 0 aliphatic carbocycles. The third kappa shape index (κ3) is 4.12. The normalized spacial score (nSPS) is 17.1. The summed E-state index contributed by atoms with van der Waals surface area (Å²) in [6.07, 6.45) is 0.583. The van der Waals surface area contributed by atoms with Gasteiger partial charge in [0.2, 0.25) is 0 Å². The first-order chi connectivity index (χ1) is 16.3. The predicted molar refractivity (Wildman–Crippen MR) is 128 cm³/mol. The van der Waals surface area contributed by atoms with Crippen LogP contribution in [-0.2, 0) is 9.59 Å². The molecule has 0 radical (unpaired) electrons. The molecule has 8 nitrogen and oxygen atoms in total. The van der Waals surface area contributed by atoms with Crippen LogP contribution in [0.4, 0.5) is 0 Å². The van der Waals surface area contributed by atoms with Gasteiger partial charge < -0.3 is 29.0 Å². The molecule has 2 aromatic carbocycles. The third-order valence-electron chi connectivity index (χ3n) is 5.53. The topological polar surface area (TPSA) is 94.5 Å². The molecular formula is C24H25Cl2NO7. The highest BCUT2D eigenvalue weighted by atomic mass is 35.5. The number of nitrogens with zero attached hydrogens (tertiary/aromatic N) is 1. The summed E-state index contributed by atoms with van der Waals surface area (Å²) in [5, 5.41) is 11.5. The maximum Gasteiger partial charge on any atom is 0.295 e. The number of carbonyl (C=O) groups excluding carboxylic acids is 2. The second-order valence-electron chi connectivity index (χ2n) is 7.36. The van der Waals surface area contributed by atoms with Gasteiger partial charge in [0.05, 0.1) is 50.6 Å². The largest absolute Gasteiger partial charge is 0.507 e. The molecular weight excluding hydrogens is 485 g/mol. The van der Waals surface area contributed by atoms with E-state index in [4.69, 9.17) is 42.1 Å². The van der Waals surface area contributed by atoms with E-state index in [1.165, 1.54) is 39.4 Å². The van der Waals surface area contributed by atoms with Crippen molar-refractivity contribution in [2.24, 2.45) is 0 Å². The lowest BCUT2D eigenvalue weighted by atomic mass is 9.94. The van der Waals surface area contributed by atoms with Gasteiger partial charge in [0.1, 0.15) is 10.8 Å². The SMILES string of the molecule is CCCN1C(=O)C(=O)/C(=C(/O)c2cc(Cl)c(OC)c(Cl)c2OC)C1c1cccc(OC)c1OC. The Balaban J connectivity index is 2.37. The van der Waals surface area contributed by atoms with Crippen LogP contribution in [0.15, 0.2) is 29.8 Å². The van der Waals surface area contributed by atoms with Crippen LogP contribution < -0.4 is 18.9 Å². The first kappa shape index (κ1) is 25.5. The van der Waals surface area contributed by atoms with Crippen LogP contribution in [0, 0.1) is 0 Å². The van der Waals surface area contributed by atoms with E-state index in [9.17, 15) is 14.7 Å². The number of aliphatic hydroxyl groups is 1. The molecule has 0 saturated carbocycles. The van der Waals surface area contributed by atoms with Crippen LogP contribution in [0.2, 0.25) is 10.0 Å². The molecule has 1 heterocycles. The van der Waals surface area contributed by atoms with Crippen molar-refractivity contribution >= 4 is 40.7 Å². The minimum absolute atomic E-state index is 0.0114. The summed E-state index contributed by atoms with van der Waals surface area (Å²) in [6, 6.07) is 5.53. The number of amides is 1. The first-order valence-corrected chi connectivity index (χ1v) is 11.1. The maximum absolute atomic E-state index is 13.2. The molecule has 3 rings (SSSR count). The molecule has 1 aliphatic rings. The van der Waals surface area contributed by atoms with E-state index in [1.54, 1.807) is 18.2 Å². The number of likely N-dealkylation sites (tertiary alicyclic amines) is 1. The average Bonchev–Trinajstić information content (AvgIpc) is 3.08. The smallest absolute Gasteiger partial charge is 0.295 e. The summed E-state index contributed by atoms with van der Waals surface area (Å²) in [5.74, 6) is -1.16. The number of Topliss-reactive ketones (excluding diaryl/α,β-unsaturated/α-hetero) is 1. The van der Waals surface area contributed by atoms with Crippen LogP contribution in [0.3, 0.4) is 0 Å². The maximum atomic E-state index is 13.2. The number of methoxy groups -OCH3 is 4. The fourth-order valence-electron chi connectivity index (χ4n) is 4.09. The summed E-state index contributed by atoms with van der Waals surface area (Å²) in [6.45, 7) is 2.15. The molecule has 1 amide bonds. The van der Waals surface area contributed by atoms with E-state index in [2.05, 4.69) is 0 Å². The van der Waals surface area contributed by atoms with Crippen molar-refractivity contribution in [2.75, 3.05) is 35.0 Å². The zero-order valence-electron chi connectivity index (χ0n) is 19.4. The molecule has 1 aliphatic heterocycles. The number of ether oxygens (including phenoxy) is 4. The lowest BCUT2D eigenvalue weighted by molar-refractivity contribution is -0.139. The molecule has 0 bridgehead atoms. The highest BCUT2D eigenvalue weighted by molar-refractivity contribution is 6.47. The number of aliphatic hydroxyl groups excluding tert-OH is 1. The Kier molecular flexibility index (Phi) is 7.84. The van der Waals surface area contributed by atoms with E-state index in [-0.39, 0.29) is 39.2 Å². The molecule has 10 heteroatoms. The average molecular weight is 510 g/mol. The first-order valence-electron chi connectivity index (χ1n) is 10.4. The van der Waals surface area contributed by atoms with Crippen molar-refractivity contribution in [3.05, 3.63) is 51.0 Å². The highest BCUT2D eigenvalue weighted by Gasteiger charge is 2.47. The van der Waals surface area contributed by atoms with E-state index in [0.717, 1.165) is 0 Å². The molecule has 0 aromatic heterocycles. The van der Waals surface area contributed by atoms with Gasteiger partial charge in [-0.2, -0.15) is 0 Å². The molecule has 2 aromatic rings. The second-order valence-corrected chi connectivity index (χ2v) is 8.15. The molecule has 0 spiro atoms. The molecule has 1 atom stereocenters. The fraction of sp³-hybridized carbons (Fsp3) is 0.333. The van der Waals surface area contributed by atoms with Gasteiger partial charge in [0.25, 0.3) is 11.7 Å². The predicted octanol–water partition coefficient (Wildman–Crippen LogP) is 4.86. The van der Waals surface area contributed by atoms with E-state index in [1.807, 2.05) is 6.92 Å². The van der Waals surface area contributed by atoms with Crippen molar-refractivity contribution in [1.29, 1.82) is 0 Å². The van der Waals surface area contributed by atoms with Crippen LogP contribution in [0.5, 0.6) is 23.0 Å². The Labute approximate surface area is 207 Å². The van der Waals surface area contributed by atoms with Crippen molar-refractivity contribution < 1.29 is 33.6 Å². The number of benzene rings is 2. The van der Waals surface area contributed by atoms with Crippen molar-refractivity contribution in [3.8, 4) is 23.0 Å². The summed E-state index contributed by atoms with van der Waals surface area (Å²) < 4.78 is 21.6. The Morgan fingerprint density at radius 1 is 1.00 bits per heavy atom. The van der Waals surface area contributed by atoms with Gasteiger partial charge in [-0.1, -0.05) is 42.3 Å². The summed E-state index contributed by atoms with van der Waals surface area (Å²) in [7, 11) is 5.68. The number of rotatable bonds is 8. The minimum Gasteiger partial charge on any atom is -0.507 e. The summed E-state index contributed by atoms with van der Waals surface area (Å²) >= 11 is 12.7. The summed E-state index contributed by atoms with van der Waals surface area (Å²) in [4.78, 5) is 27.6. The van der Waals surface area contributed by atoms with Crippen LogP contribution >= 0.6 is 23.2 Å². The number of carbonyl (C=O) groups is 2. The Bertz CT molecular complexity index is 1160. The molecule has 1 fully saturated rings. The number of hydrogen-bond acceptors (Lipinski definition) is 7. The summed E-state index contributed by atoms with van der Waals surface area (Å²) in [5.41, 5.74) is 0.362. The minimum atomic E-state index is -0.950. The Morgan fingerprint density at radius 3 is 2.21 bits per heavy atom. The van der Waals surface area contributed by atoms with Gasteiger partial charge >= 0.3 is 0 Å². The zero-order chi connectivity index (χ0) is 25.2. The molecule has 1 unspecified atom stereocenters. The fourth-order valence-corrected chi connectivity index (χ4v) is 4.78. The van der Waals surface area contributed by atoms with Gasteiger partial charge in [-0.15, -0.1) is 0 Å². The van der Waals surface area contributed by atoms with Crippen molar-refractivity contribution in [1.82, 2.24) is 4.90 Å². The van der Waals surface area contributed by atoms with Crippen molar-refractivity contribution in [2.45, 2.75) is 19.4 Å². The third-order valence-corrected chi connectivity index (χ3v) is 6.15. The van der Waals surface area contributed by atoms with Gasteiger partial charge in [-0.05, 0) is 18.6 Å². The lowest BCUT2D eigenvalue weighted by Gasteiger charge is -2.27. The second kappa shape index (κ2) is 10.4. The Morgan fingerprint density at radius 2 is 1.65 bits per heavy atom. The Hall–Kier alpha value is -3.10. The highest BCUT2D eigenvalue weighted by Crippen LogP contribution is 2.49. The number of para-hydroxylation sites is 1. The number of halogens is 2. The lowest BCUT2D eigenvalue weighted by Crippen LogP contribution is -2.30. The van der Waals surface area contributed by atoms with Gasteiger partial charge in [0, 0.05) is 12.1 Å². The standard InChI is InChI=1S/C24H25Cl2NO7/c1-6-10-27-18(12-8-7-9-15(31-2)21(12)32-3)16(20(29)24(27)30)19(28)13-11-14(25)23(34-5)17(26)22(13)33-4/h7-9,11,18,28H,6,10H2,1-5H3/b19-16+. The van der Waals surface area contributed by atoms with E-state index in [0.29, 0.717) is 23.5 Å². The van der Waals surface area contributed by atoms with E-state index >= 15 is 0 Å². The van der Waals surface area contributed by atoms with Crippen LogP contribution in [-0.4, -0.2) is 56.7 Å². The van der Waals surface area contributed by atoms with Crippen molar-refractivity contribution in [3.63, 3.8) is 0 Å². The van der Waals surface area contributed by atoms with Crippen LogP contribution in [0.25, 0.3) is 5.76 Å². The quantitative estimate of drug-likeness (QED) is 0.308. The molecule has 1 saturated heterocycles.